The second kappa shape index (κ2) is 9.48. The molecule has 0 radical (unpaired) electrons. The summed E-state index contributed by atoms with van der Waals surface area (Å²) >= 11 is 0. The number of aromatic nitrogens is 1. The predicted octanol–water partition coefficient (Wildman–Crippen LogP) is 8.98. The van der Waals surface area contributed by atoms with E-state index in [9.17, 15) is 0 Å². The molecule has 0 saturated carbocycles. The van der Waals surface area contributed by atoms with Crippen molar-refractivity contribution in [1.82, 2.24) is 0 Å². The summed E-state index contributed by atoms with van der Waals surface area (Å²) < 4.78 is 2.73. The summed E-state index contributed by atoms with van der Waals surface area (Å²) in [4.78, 5) is 0. The third-order valence-corrected chi connectivity index (χ3v) is 9.51. The molecule has 3 unspecified atom stereocenters. The number of hydrogen-bond acceptors (Lipinski definition) is 0. The molecule has 3 aromatic rings. The first-order valence-corrected chi connectivity index (χ1v) is 13.8. The maximum absolute atomic E-state index is 2.73. The molecule has 2 heterocycles. The van der Waals surface area contributed by atoms with Crippen LogP contribution in [0.2, 0.25) is 0 Å². The highest BCUT2D eigenvalue weighted by molar-refractivity contribution is 5.82. The fraction of sp³-hybridized carbons (Fsp3) is 0.545. The SMILES string of the molecule is CCCCCC(C)Cc1cccc2c1ccc1[n+]2C(C)(CC)C(C)(CC)c2cc(C)c(C)cc2-1. The van der Waals surface area contributed by atoms with Crippen molar-refractivity contribution in [2.24, 2.45) is 5.92 Å². The molecule has 4 rings (SSSR count). The maximum atomic E-state index is 2.73. The minimum Gasteiger partial charge on any atom is -0.185 e. The van der Waals surface area contributed by atoms with Gasteiger partial charge in [-0.1, -0.05) is 71.6 Å². The van der Waals surface area contributed by atoms with Crippen molar-refractivity contribution in [2.75, 3.05) is 0 Å². The van der Waals surface area contributed by atoms with Gasteiger partial charge in [0, 0.05) is 30.9 Å². The molecule has 34 heavy (non-hydrogen) atoms. The molecule has 0 spiro atoms. The molecular formula is C33H46N+. The summed E-state index contributed by atoms with van der Waals surface area (Å²) in [6, 6.07) is 16.8. The van der Waals surface area contributed by atoms with Gasteiger partial charge in [0.15, 0.2) is 5.54 Å². The topological polar surface area (TPSA) is 3.88 Å². The number of hydrogen-bond donors (Lipinski definition) is 0. The van der Waals surface area contributed by atoms with Gasteiger partial charge in [-0.15, -0.1) is 0 Å². The Kier molecular flexibility index (Phi) is 6.96. The van der Waals surface area contributed by atoms with Crippen LogP contribution in [-0.4, -0.2) is 0 Å². The average molecular weight is 457 g/mol. The van der Waals surface area contributed by atoms with Crippen LogP contribution in [0.15, 0.2) is 42.5 Å². The van der Waals surface area contributed by atoms with Gasteiger partial charge in [-0.25, -0.2) is 0 Å². The normalized spacial score (nSPS) is 22.5. The Morgan fingerprint density at radius 1 is 0.882 bits per heavy atom. The van der Waals surface area contributed by atoms with E-state index in [-0.39, 0.29) is 11.0 Å². The van der Waals surface area contributed by atoms with E-state index < -0.39 is 0 Å². The van der Waals surface area contributed by atoms with Crippen molar-refractivity contribution in [3.63, 3.8) is 0 Å². The number of aryl methyl sites for hydroxylation is 2. The zero-order valence-electron chi connectivity index (χ0n) is 23.0. The van der Waals surface area contributed by atoms with Gasteiger partial charge in [-0.05, 0) is 73.9 Å². The Morgan fingerprint density at radius 3 is 2.29 bits per heavy atom. The van der Waals surface area contributed by atoms with Crippen molar-refractivity contribution < 1.29 is 4.57 Å². The molecule has 3 atom stereocenters. The van der Waals surface area contributed by atoms with E-state index >= 15 is 0 Å². The lowest BCUT2D eigenvalue weighted by atomic mass is 9.60. The smallest absolute Gasteiger partial charge is 0.185 e. The van der Waals surface area contributed by atoms with Gasteiger partial charge < -0.3 is 0 Å². The zero-order valence-corrected chi connectivity index (χ0v) is 23.0. The second-order valence-corrected chi connectivity index (χ2v) is 11.5. The van der Waals surface area contributed by atoms with Crippen LogP contribution >= 0.6 is 0 Å². The molecule has 0 aliphatic carbocycles. The number of nitrogens with zero attached hydrogens (tertiary/aromatic N) is 1. The first-order chi connectivity index (χ1) is 16.2. The van der Waals surface area contributed by atoms with E-state index in [2.05, 4.69) is 102 Å². The molecule has 0 amide bonds. The van der Waals surface area contributed by atoms with Crippen LogP contribution in [0.3, 0.4) is 0 Å². The molecule has 182 valence electrons. The van der Waals surface area contributed by atoms with Crippen LogP contribution in [-0.2, 0) is 17.4 Å². The molecule has 1 aromatic heterocycles. The Bertz CT molecular complexity index is 1190. The van der Waals surface area contributed by atoms with Crippen LogP contribution < -0.4 is 4.57 Å². The van der Waals surface area contributed by atoms with Crippen molar-refractivity contribution in [3.8, 4) is 11.3 Å². The van der Waals surface area contributed by atoms with E-state index in [0.29, 0.717) is 0 Å². The van der Waals surface area contributed by atoms with E-state index in [1.165, 1.54) is 76.5 Å². The van der Waals surface area contributed by atoms with E-state index in [1.54, 1.807) is 0 Å². The van der Waals surface area contributed by atoms with Crippen LogP contribution in [0, 0.1) is 19.8 Å². The summed E-state index contributed by atoms with van der Waals surface area (Å²) in [5, 5.41) is 1.44. The van der Waals surface area contributed by atoms with Crippen molar-refractivity contribution in [1.29, 1.82) is 0 Å². The first-order valence-electron chi connectivity index (χ1n) is 13.8. The highest BCUT2D eigenvalue weighted by atomic mass is 15.1. The van der Waals surface area contributed by atoms with Crippen LogP contribution in [0.4, 0.5) is 0 Å². The van der Waals surface area contributed by atoms with Gasteiger partial charge in [0.1, 0.15) is 0 Å². The van der Waals surface area contributed by atoms with Crippen molar-refractivity contribution in [3.05, 3.63) is 64.7 Å². The molecule has 2 aromatic carbocycles. The van der Waals surface area contributed by atoms with E-state index in [1.807, 2.05) is 0 Å². The number of rotatable bonds is 8. The molecule has 1 aliphatic rings. The molecular weight excluding hydrogens is 410 g/mol. The lowest BCUT2D eigenvalue weighted by Gasteiger charge is -2.46. The fourth-order valence-corrected chi connectivity index (χ4v) is 6.63. The third-order valence-electron chi connectivity index (χ3n) is 9.51. The number of benzene rings is 2. The summed E-state index contributed by atoms with van der Waals surface area (Å²) in [6.45, 7) is 19.1. The lowest BCUT2D eigenvalue weighted by Crippen LogP contribution is -2.67. The predicted molar refractivity (Wildman–Crippen MR) is 148 cm³/mol. The molecule has 1 heteroatoms. The molecule has 1 aliphatic heterocycles. The van der Waals surface area contributed by atoms with Gasteiger partial charge >= 0.3 is 0 Å². The Morgan fingerprint density at radius 2 is 1.62 bits per heavy atom. The van der Waals surface area contributed by atoms with Crippen molar-refractivity contribution >= 4 is 10.9 Å². The number of pyridine rings is 1. The minimum atomic E-state index is 0.0106. The third kappa shape index (κ3) is 3.80. The van der Waals surface area contributed by atoms with Crippen molar-refractivity contribution in [2.45, 2.75) is 111 Å². The van der Waals surface area contributed by atoms with Gasteiger partial charge in [0.05, 0.1) is 11.0 Å². The van der Waals surface area contributed by atoms with Gasteiger partial charge in [0.2, 0.25) is 11.2 Å². The largest absolute Gasteiger partial charge is 0.213 e. The van der Waals surface area contributed by atoms with Gasteiger partial charge in [-0.2, -0.15) is 4.57 Å². The fourth-order valence-electron chi connectivity index (χ4n) is 6.63. The quantitative estimate of drug-likeness (QED) is 0.235. The zero-order chi connectivity index (χ0) is 24.7. The van der Waals surface area contributed by atoms with E-state index in [0.717, 1.165) is 18.8 Å². The monoisotopic (exact) mass is 456 g/mol. The summed E-state index contributed by atoms with van der Waals surface area (Å²) in [7, 11) is 0. The van der Waals surface area contributed by atoms with Crippen LogP contribution in [0.1, 0.15) is 102 Å². The van der Waals surface area contributed by atoms with Crippen LogP contribution in [0.5, 0.6) is 0 Å². The summed E-state index contributed by atoms with van der Waals surface area (Å²) in [5.41, 5.74) is 10.1. The highest BCUT2D eigenvalue weighted by Crippen LogP contribution is 2.50. The lowest BCUT2D eigenvalue weighted by molar-refractivity contribution is -0.742. The number of fused-ring (bicyclic) bond motifs is 5. The summed E-state index contributed by atoms with van der Waals surface area (Å²) in [5.74, 6) is 0.725. The number of unbranched alkanes of at least 4 members (excludes halogenated alkanes) is 2. The molecule has 0 bridgehead atoms. The van der Waals surface area contributed by atoms with Crippen LogP contribution in [0.25, 0.3) is 22.2 Å². The maximum Gasteiger partial charge on any atom is 0.213 e. The molecule has 1 nitrogen and oxygen atoms in total. The molecule has 0 fully saturated rings. The van der Waals surface area contributed by atoms with Gasteiger partial charge in [0.25, 0.3) is 0 Å². The Hall–Kier alpha value is -2.15. The van der Waals surface area contributed by atoms with E-state index in [4.69, 9.17) is 0 Å². The molecule has 0 saturated heterocycles. The first kappa shape index (κ1) is 25.0. The summed E-state index contributed by atoms with van der Waals surface area (Å²) in [6.07, 6.45) is 8.74. The Balaban J connectivity index is 1.95. The minimum absolute atomic E-state index is 0.0106. The average Bonchev–Trinajstić information content (AvgIpc) is 2.83. The molecule has 0 N–H and O–H groups in total. The Labute approximate surface area is 208 Å². The van der Waals surface area contributed by atoms with Gasteiger partial charge in [-0.3, -0.25) is 0 Å². The standard InChI is InChI=1S/C33H46N/c1-9-12-13-15-23(4)20-26-16-14-17-30-27(26)18-19-31-28-21-24(5)25(6)22-29(28)32(7,10-2)33(8,11-3)34(30)31/h14,16-19,21-23H,9-13,15,20H2,1-8H3/q+1. The second-order valence-electron chi connectivity index (χ2n) is 11.5. The highest BCUT2D eigenvalue weighted by Gasteiger charge is 2.57.